The van der Waals surface area contributed by atoms with Gasteiger partial charge in [-0.05, 0) is 61.6 Å². The lowest BCUT2D eigenvalue weighted by atomic mass is 10.3. The maximum Gasteiger partial charge on any atom is 0.293 e. The van der Waals surface area contributed by atoms with Crippen molar-refractivity contribution in [1.29, 1.82) is 0 Å². The van der Waals surface area contributed by atoms with Gasteiger partial charge >= 0.3 is 0 Å². The molecule has 0 saturated carbocycles. The van der Waals surface area contributed by atoms with E-state index in [1.54, 1.807) is 12.1 Å². The smallest absolute Gasteiger partial charge is 0.293 e. The fraction of sp³-hybridized carbons (Fsp3) is 0.211. The molecule has 1 aromatic carbocycles. The lowest BCUT2D eigenvalue weighted by Crippen LogP contribution is -2.34. The maximum atomic E-state index is 12.4. The largest absolute Gasteiger partial charge is 0.450 e. The molecule has 4 rings (SSSR count). The molecule has 0 radical (unpaired) electrons. The molecule has 6 nitrogen and oxygen atoms in total. The molecular formula is C19H17N3O3S2. The monoisotopic (exact) mass is 399 g/mol. The summed E-state index contributed by atoms with van der Waals surface area (Å²) in [6.07, 6.45) is 1.62. The number of amides is 2. The number of imidazole rings is 1. The molecule has 138 valence electrons. The fourth-order valence-electron chi connectivity index (χ4n) is 2.83. The molecule has 0 N–H and O–H groups in total. The number of carbonyl (C=O) groups excluding carboxylic acids is 2. The summed E-state index contributed by atoms with van der Waals surface area (Å²) in [6.45, 7) is 3.63. The third-order valence-corrected chi connectivity index (χ3v) is 6.01. The van der Waals surface area contributed by atoms with Crippen LogP contribution in [0.2, 0.25) is 0 Å². The zero-order chi connectivity index (χ0) is 19.1. The molecule has 0 aliphatic carbocycles. The van der Waals surface area contributed by atoms with Gasteiger partial charge in [0.05, 0.1) is 15.9 Å². The van der Waals surface area contributed by atoms with E-state index in [0.717, 1.165) is 28.0 Å². The van der Waals surface area contributed by atoms with E-state index in [0.29, 0.717) is 15.8 Å². The second kappa shape index (κ2) is 6.94. The number of aromatic nitrogens is 2. The number of fused-ring (bicyclic) bond motifs is 1. The van der Waals surface area contributed by atoms with Crippen LogP contribution in [0.4, 0.5) is 4.79 Å². The average Bonchev–Trinajstić information content (AvgIpc) is 3.27. The van der Waals surface area contributed by atoms with Crippen molar-refractivity contribution < 1.29 is 14.0 Å². The van der Waals surface area contributed by atoms with E-state index in [-0.39, 0.29) is 17.2 Å². The molecule has 27 heavy (non-hydrogen) atoms. The third kappa shape index (κ3) is 3.30. The number of hydrogen-bond acceptors (Lipinski definition) is 6. The van der Waals surface area contributed by atoms with E-state index < -0.39 is 0 Å². The van der Waals surface area contributed by atoms with Crippen LogP contribution in [0.15, 0.2) is 56.0 Å². The number of para-hydroxylation sites is 2. The standard InChI is InChI=1S/C19H17N3O3S2/c1-11(2)22-17(23)15(26-19(22)24)10-12-8-9-16(25-12)27-18-20-13-6-4-5-7-14(13)21(18)3/h4-11H,1-3H3/b15-10-. The van der Waals surface area contributed by atoms with E-state index >= 15 is 0 Å². The Morgan fingerprint density at radius 1 is 1.19 bits per heavy atom. The van der Waals surface area contributed by atoms with Crippen molar-refractivity contribution in [2.75, 3.05) is 0 Å². The van der Waals surface area contributed by atoms with Crippen molar-refractivity contribution in [3.63, 3.8) is 0 Å². The zero-order valence-corrected chi connectivity index (χ0v) is 16.6. The average molecular weight is 399 g/mol. The Bertz CT molecular complexity index is 1080. The van der Waals surface area contributed by atoms with Crippen molar-refractivity contribution in [3.05, 3.63) is 47.1 Å². The van der Waals surface area contributed by atoms with E-state index in [1.165, 1.54) is 16.7 Å². The van der Waals surface area contributed by atoms with Gasteiger partial charge in [0, 0.05) is 19.2 Å². The summed E-state index contributed by atoms with van der Waals surface area (Å²) in [5, 5.41) is 1.24. The Kier molecular flexibility index (Phi) is 4.61. The van der Waals surface area contributed by atoms with Crippen molar-refractivity contribution in [1.82, 2.24) is 14.5 Å². The van der Waals surface area contributed by atoms with Crippen LogP contribution in [0.5, 0.6) is 0 Å². The van der Waals surface area contributed by atoms with E-state index in [1.807, 2.05) is 55.8 Å². The van der Waals surface area contributed by atoms with Gasteiger partial charge in [-0.25, -0.2) is 4.98 Å². The molecule has 3 heterocycles. The summed E-state index contributed by atoms with van der Waals surface area (Å²) in [4.78, 5) is 30.6. The van der Waals surface area contributed by atoms with Crippen LogP contribution in [0.1, 0.15) is 19.6 Å². The number of nitrogens with zero attached hydrogens (tertiary/aromatic N) is 3. The minimum atomic E-state index is -0.277. The van der Waals surface area contributed by atoms with Gasteiger partial charge in [-0.3, -0.25) is 14.5 Å². The number of benzene rings is 1. The summed E-state index contributed by atoms with van der Waals surface area (Å²) < 4.78 is 7.83. The first-order valence-corrected chi connectivity index (χ1v) is 10.0. The minimum Gasteiger partial charge on any atom is -0.450 e. The highest BCUT2D eigenvalue weighted by molar-refractivity contribution is 8.18. The molecule has 1 aliphatic rings. The molecule has 2 aromatic heterocycles. The summed E-state index contributed by atoms with van der Waals surface area (Å²) in [6, 6.07) is 11.4. The van der Waals surface area contributed by atoms with Gasteiger partial charge in [0.2, 0.25) is 0 Å². The molecule has 2 amide bonds. The molecule has 1 fully saturated rings. The second-order valence-corrected chi connectivity index (χ2v) is 8.31. The lowest BCUT2D eigenvalue weighted by molar-refractivity contribution is -0.123. The van der Waals surface area contributed by atoms with Crippen LogP contribution in [0.3, 0.4) is 0 Å². The Balaban J connectivity index is 1.56. The number of hydrogen-bond donors (Lipinski definition) is 0. The highest BCUT2D eigenvalue weighted by Gasteiger charge is 2.36. The zero-order valence-electron chi connectivity index (χ0n) is 15.0. The number of imide groups is 1. The summed E-state index contributed by atoms with van der Waals surface area (Å²) in [5.74, 6) is 0.256. The fourth-order valence-corrected chi connectivity index (χ4v) is 4.60. The molecular weight excluding hydrogens is 382 g/mol. The van der Waals surface area contributed by atoms with Gasteiger partial charge in [0.25, 0.3) is 11.1 Å². The SMILES string of the molecule is CC(C)N1C(=O)S/C(=C\c2ccc(Sc3nc4ccccc4n3C)o2)C1=O. The first-order valence-electron chi connectivity index (χ1n) is 8.40. The summed E-state index contributed by atoms with van der Waals surface area (Å²) in [7, 11) is 1.96. The molecule has 0 bridgehead atoms. The van der Waals surface area contributed by atoms with Gasteiger partial charge in [-0.1, -0.05) is 12.1 Å². The molecule has 0 spiro atoms. The van der Waals surface area contributed by atoms with Gasteiger partial charge in [0.1, 0.15) is 5.76 Å². The molecule has 3 aromatic rings. The molecule has 1 aliphatic heterocycles. The number of rotatable bonds is 4. The topological polar surface area (TPSA) is 68.3 Å². The molecule has 1 saturated heterocycles. The predicted molar refractivity (Wildman–Crippen MR) is 106 cm³/mol. The molecule has 0 unspecified atom stereocenters. The van der Waals surface area contributed by atoms with Crippen LogP contribution in [-0.2, 0) is 11.8 Å². The number of carbonyl (C=O) groups is 2. The summed E-state index contributed by atoms with van der Waals surface area (Å²) >= 11 is 2.35. The second-order valence-electron chi connectivity index (χ2n) is 6.35. The minimum absolute atomic E-state index is 0.163. The van der Waals surface area contributed by atoms with E-state index in [2.05, 4.69) is 4.98 Å². The van der Waals surface area contributed by atoms with Crippen LogP contribution < -0.4 is 0 Å². The normalized spacial score (nSPS) is 16.4. The number of thioether (sulfide) groups is 1. The first kappa shape index (κ1) is 17.9. The van der Waals surface area contributed by atoms with Crippen molar-refractivity contribution in [2.24, 2.45) is 7.05 Å². The van der Waals surface area contributed by atoms with Crippen molar-refractivity contribution in [3.8, 4) is 0 Å². The Hall–Kier alpha value is -2.45. The Labute approximate surface area is 164 Å². The number of furan rings is 1. The highest BCUT2D eigenvalue weighted by atomic mass is 32.2. The van der Waals surface area contributed by atoms with Crippen LogP contribution >= 0.6 is 23.5 Å². The third-order valence-electron chi connectivity index (χ3n) is 4.15. The van der Waals surface area contributed by atoms with Gasteiger partial charge in [-0.2, -0.15) is 0 Å². The van der Waals surface area contributed by atoms with E-state index in [9.17, 15) is 9.59 Å². The van der Waals surface area contributed by atoms with Crippen LogP contribution in [-0.4, -0.2) is 31.6 Å². The van der Waals surface area contributed by atoms with Gasteiger partial charge in [-0.15, -0.1) is 0 Å². The maximum absolute atomic E-state index is 12.4. The molecule has 0 atom stereocenters. The summed E-state index contributed by atoms with van der Waals surface area (Å²) in [5.41, 5.74) is 1.98. The Morgan fingerprint density at radius 3 is 2.67 bits per heavy atom. The van der Waals surface area contributed by atoms with Crippen LogP contribution in [0.25, 0.3) is 17.1 Å². The quantitative estimate of drug-likeness (QED) is 0.589. The van der Waals surface area contributed by atoms with E-state index in [4.69, 9.17) is 4.42 Å². The first-order chi connectivity index (χ1) is 12.9. The van der Waals surface area contributed by atoms with Crippen LogP contribution in [0, 0.1) is 0 Å². The lowest BCUT2D eigenvalue weighted by Gasteiger charge is -2.16. The van der Waals surface area contributed by atoms with Gasteiger partial charge in [0.15, 0.2) is 10.2 Å². The number of aryl methyl sites for hydroxylation is 1. The van der Waals surface area contributed by atoms with Gasteiger partial charge < -0.3 is 8.98 Å². The Morgan fingerprint density at radius 2 is 1.96 bits per heavy atom. The van der Waals surface area contributed by atoms with Crippen molar-refractivity contribution >= 4 is 51.8 Å². The predicted octanol–water partition coefficient (Wildman–Crippen LogP) is 4.76. The highest BCUT2D eigenvalue weighted by Crippen LogP contribution is 2.35. The van der Waals surface area contributed by atoms with Crippen molar-refractivity contribution in [2.45, 2.75) is 30.1 Å². The molecule has 8 heteroatoms.